The molecule has 12 heavy (non-hydrogen) atoms. The largest absolute Gasteiger partial charge is 0.418 e. The molecule has 65 valence electrons. The van der Waals surface area contributed by atoms with Crippen LogP contribution in [0.5, 0.6) is 0 Å². The van der Waals surface area contributed by atoms with Crippen molar-refractivity contribution in [1.29, 1.82) is 0 Å². The van der Waals surface area contributed by atoms with Gasteiger partial charge < -0.3 is 9.59 Å². The molecule has 0 saturated carbocycles. The lowest BCUT2D eigenvalue weighted by atomic mass is 10.0. The Labute approximate surface area is 74.3 Å². The molecule has 0 bridgehead atoms. The van der Waals surface area contributed by atoms with E-state index >= 15 is 0 Å². The minimum absolute atomic E-state index is 0.348. The Balaban J connectivity index is 3.09. The SMILES string of the molecule is CC(C)c1ccccc1[Si](O)O. The summed E-state index contributed by atoms with van der Waals surface area (Å²) in [4.78, 5) is 18.2. The third-order valence-corrected chi connectivity index (χ3v) is 2.76. The van der Waals surface area contributed by atoms with Crippen LogP contribution in [0.3, 0.4) is 0 Å². The molecule has 1 aromatic rings. The van der Waals surface area contributed by atoms with E-state index in [2.05, 4.69) is 0 Å². The van der Waals surface area contributed by atoms with E-state index in [1.54, 1.807) is 6.07 Å². The predicted molar refractivity (Wildman–Crippen MR) is 50.4 cm³/mol. The Morgan fingerprint density at radius 1 is 1.17 bits per heavy atom. The van der Waals surface area contributed by atoms with Gasteiger partial charge in [0.2, 0.25) is 0 Å². The second-order valence-corrected chi connectivity index (χ2v) is 4.25. The van der Waals surface area contributed by atoms with E-state index in [9.17, 15) is 0 Å². The standard InChI is InChI=1S/C9H13O2Si/c1-7(2)8-5-3-4-6-9(8)12(10)11/h3-7,10-11H,1-2H3. The Morgan fingerprint density at radius 3 is 2.17 bits per heavy atom. The Morgan fingerprint density at radius 2 is 1.75 bits per heavy atom. The van der Waals surface area contributed by atoms with Gasteiger partial charge in [0, 0.05) is 0 Å². The lowest BCUT2D eigenvalue weighted by Gasteiger charge is -2.11. The molecule has 0 aliphatic rings. The second-order valence-electron chi connectivity index (χ2n) is 3.07. The van der Waals surface area contributed by atoms with Crippen molar-refractivity contribution in [3.63, 3.8) is 0 Å². The average molecular weight is 181 g/mol. The highest BCUT2D eigenvalue weighted by Gasteiger charge is 2.14. The van der Waals surface area contributed by atoms with Crippen LogP contribution in [0, 0.1) is 0 Å². The minimum atomic E-state index is -2.29. The van der Waals surface area contributed by atoms with Crippen molar-refractivity contribution in [2.45, 2.75) is 19.8 Å². The normalized spacial score (nSPS) is 11.2. The summed E-state index contributed by atoms with van der Waals surface area (Å²) in [5, 5.41) is 0.706. The molecule has 0 aliphatic carbocycles. The highest BCUT2D eigenvalue weighted by Crippen LogP contribution is 2.10. The predicted octanol–water partition coefficient (Wildman–Crippen LogP) is 0.490. The van der Waals surface area contributed by atoms with E-state index in [0.717, 1.165) is 5.56 Å². The van der Waals surface area contributed by atoms with E-state index < -0.39 is 9.28 Å². The van der Waals surface area contributed by atoms with Crippen molar-refractivity contribution in [3.05, 3.63) is 29.8 Å². The molecule has 1 aromatic carbocycles. The molecule has 3 heteroatoms. The number of hydrogen-bond acceptors (Lipinski definition) is 2. The van der Waals surface area contributed by atoms with Crippen LogP contribution in [-0.4, -0.2) is 18.9 Å². The summed E-state index contributed by atoms with van der Waals surface area (Å²) >= 11 is 0. The van der Waals surface area contributed by atoms with Crippen LogP contribution in [-0.2, 0) is 0 Å². The molecule has 0 amide bonds. The molecule has 0 fully saturated rings. The molecule has 0 saturated heterocycles. The van der Waals surface area contributed by atoms with Crippen molar-refractivity contribution in [2.75, 3.05) is 0 Å². The van der Waals surface area contributed by atoms with E-state index in [1.165, 1.54) is 0 Å². The maximum absolute atomic E-state index is 9.11. The van der Waals surface area contributed by atoms with E-state index in [-0.39, 0.29) is 0 Å². The van der Waals surface area contributed by atoms with Gasteiger partial charge in [-0.2, -0.15) is 0 Å². The fourth-order valence-electron chi connectivity index (χ4n) is 1.20. The monoisotopic (exact) mass is 181 g/mol. The van der Waals surface area contributed by atoms with Crippen LogP contribution in [0.2, 0.25) is 0 Å². The molecule has 0 heterocycles. The molecule has 1 radical (unpaired) electrons. The molecule has 0 aromatic heterocycles. The first-order valence-corrected chi connectivity index (χ1v) is 5.36. The Bertz CT molecular complexity index is 231. The van der Waals surface area contributed by atoms with Crippen LogP contribution < -0.4 is 5.19 Å². The summed E-state index contributed by atoms with van der Waals surface area (Å²) in [5.74, 6) is 0.348. The zero-order valence-corrected chi connectivity index (χ0v) is 8.28. The minimum Gasteiger partial charge on any atom is -0.406 e. The van der Waals surface area contributed by atoms with Crippen molar-refractivity contribution < 1.29 is 9.59 Å². The Kier molecular flexibility index (Phi) is 3.03. The van der Waals surface area contributed by atoms with Crippen LogP contribution in [0.1, 0.15) is 25.3 Å². The van der Waals surface area contributed by atoms with Gasteiger partial charge in [0.15, 0.2) is 0 Å². The van der Waals surface area contributed by atoms with Gasteiger partial charge in [-0.1, -0.05) is 38.1 Å². The summed E-state index contributed by atoms with van der Waals surface area (Å²) in [6.45, 7) is 4.09. The summed E-state index contributed by atoms with van der Waals surface area (Å²) in [7, 11) is -2.29. The summed E-state index contributed by atoms with van der Waals surface area (Å²) in [6, 6.07) is 7.47. The van der Waals surface area contributed by atoms with E-state index in [0.29, 0.717) is 11.1 Å². The quantitative estimate of drug-likeness (QED) is 0.652. The second kappa shape index (κ2) is 3.84. The highest BCUT2D eigenvalue weighted by atomic mass is 28.3. The fourth-order valence-corrected chi connectivity index (χ4v) is 2.08. The fraction of sp³-hybridized carbons (Fsp3) is 0.333. The van der Waals surface area contributed by atoms with Crippen molar-refractivity contribution >= 4 is 14.5 Å². The average Bonchev–Trinajstić information content (AvgIpc) is 2.04. The van der Waals surface area contributed by atoms with Crippen molar-refractivity contribution in [2.24, 2.45) is 0 Å². The Hall–Kier alpha value is -0.643. The summed E-state index contributed by atoms with van der Waals surface area (Å²) in [6.07, 6.45) is 0. The van der Waals surface area contributed by atoms with Crippen LogP contribution in [0.15, 0.2) is 24.3 Å². The molecule has 0 aliphatic heterocycles. The smallest absolute Gasteiger partial charge is 0.406 e. The topological polar surface area (TPSA) is 40.5 Å². The van der Waals surface area contributed by atoms with E-state index in [4.69, 9.17) is 9.59 Å². The first kappa shape index (κ1) is 9.44. The first-order valence-electron chi connectivity index (χ1n) is 3.97. The van der Waals surface area contributed by atoms with Crippen LogP contribution in [0.25, 0.3) is 0 Å². The van der Waals surface area contributed by atoms with Crippen molar-refractivity contribution in [3.8, 4) is 0 Å². The molecule has 2 N–H and O–H groups in total. The maximum atomic E-state index is 9.11. The molecule has 0 unspecified atom stereocenters. The van der Waals surface area contributed by atoms with Gasteiger partial charge in [0.05, 0.1) is 0 Å². The third kappa shape index (κ3) is 1.94. The lowest BCUT2D eigenvalue weighted by molar-refractivity contribution is 0.425. The van der Waals surface area contributed by atoms with Crippen LogP contribution >= 0.6 is 0 Å². The maximum Gasteiger partial charge on any atom is 0.418 e. The lowest BCUT2D eigenvalue weighted by Crippen LogP contribution is -2.33. The van der Waals surface area contributed by atoms with Gasteiger partial charge in [-0.15, -0.1) is 0 Å². The molecule has 0 atom stereocenters. The van der Waals surface area contributed by atoms with Gasteiger partial charge >= 0.3 is 9.28 Å². The van der Waals surface area contributed by atoms with Gasteiger partial charge in [-0.25, -0.2) is 0 Å². The summed E-state index contributed by atoms with van der Waals surface area (Å²) < 4.78 is 0. The third-order valence-electron chi connectivity index (χ3n) is 1.82. The number of rotatable bonds is 2. The summed E-state index contributed by atoms with van der Waals surface area (Å²) in [5.41, 5.74) is 1.04. The van der Waals surface area contributed by atoms with Gasteiger partial charge in [0.25, 0.3) is 0 Å². The number of hydrogen-bond donors (Lipinski definition) is 2. The molecular formula is C9H13O2Si. The van der Waals surface area contributed by atoms with Gasteiger partial charge in [0.1, 0.15) is 0 Å². The molecular weight excluding hydrogens is 168 g/mol. The zero-order chi connectivity index (χ0) is 9.14. The number of benzene rings is 1. The molecule has 1 rings (SSSR count). The van der Waals surface area contributed by atoms with Gasteiger partial charge in [-0.3, -0.25) is 0 Å². The zero-order valence-electron chi connectivity index (χ0n) is 7.28. The molecule has 0 spiro atoms. The van der Waals surface area contributed by atoms with Crippen LogP contribution in [0.4, 0.5) is 0 Å². The first-order chi connectivity index (χ1) is 5.63. The van der Waals surface area contributed by atoms with Gasteiger partial charge in [-0.05, 0) is 16.7 Å². The van der Waals surface area contributed by atoms with E-state index in [1.807, 2.05) is 32.0 Å². The van der Waals surface area contributed by atoms with Crippen molar-refractivity contribution in [1.82, 2.24) is 0 Å². The molecule has 2 nitrogen and oxygen atoms in total. The highest BCUT2D eigenvalue weighted by molar-refractivity contribution is 6.59.